The van der Waals surface area contributed by atoms with Crippen molar-refractivity contribution >= 4 is 29.0 Å². The van der Waals surface area contributed by atoms with Crippen molar-refractivity contribution in [2.45, 2.75) is 20.8 Å². The number of furan rings is 1. The van der Waals surface area contributed by atoms with Gasteiger partial charge in [-0.05, 0) is 57.2 Å². The predicted octanol–water partition coefficient (Wildman–Crippen LogP) is 4.22. The van der Waals surface area contributed by atoms with Gasteiger partial charge in [0.15, 0.2) is 5.76 Å². The quantitative estimate of drug-likeness (QED) is 0.652. The molecule has 0 aliphatic rings. The van der Waals surface area contributed by atoms with E-state index in [1.54, 1.807) is 12.1 Å². The molecule has 27 heavy (non-hydrogen) atoms. The first kappa shape index (κ1) is 18.4. The molecule has 1 amide bonds. The molecule has 0 saturated heterocycles. The van der Waals surface area contributed by atoms with Gasteiger partial charge >= 0.3 is 0 Å². The topological polar surface area (TPSA) is 83.3 Å². The lowest BCUT2D eigenvalue weighted by Gasteiger charge is -2.20. The number of carbonyl (C=O) groups excluding carboxylic acids is 1. The van der Waals surface area contributed by atoms with Crippen LogP contribution in [-0.4, -0.2) is 29.0 Å². The summed E-state index contributed by atoms with van der Waals surface area (Å²) in [6, 6.07) is 12.6. The molecule has 0 spiro atoms. The highest BCUT2D eigenvalue weighted by molar-refractivity contribution is 6.02. The number of anilines is 4. The number of hydrogen-bond acceptors (Lipinski definition) is 6. The van der Waals surface area contributed by atoms with Crippen molar-refractivity contribution in [3.63, 3.8) is 0 Å². The zero-order valence-corrected chi connectivity index (χ0v) is 15.7. The highest BCUT2D eigenvalue weighted by atomic mass is 16.3. The van der Waals surface area contributed by atoms with Crippen LogP contribution in [0.3, 0.4) is 0 Å². The van der Waals surface area contributed by atoms with Crippen LogP contribution < -0.4 is 15.5 Å². The molecule has 2 aromatic heterocycles. The van der Waals surface area contributed by atoms with E-state index in [4.69, 9.17) is 4.42 Å². The van der Waals surface area contributed by atoms with Gasteiger partial charge in [0.2, 0.25) is 5.95 Å². The third-order valence-electron chi connectivity index (χ3n) is 4.07. The van der Waals surface area contributed by atoms with Crippen LogP contribution in [0, 0.1) is 6.92 Å². The smallest absolute Gasteiger partial charge is 0.291 e. The van der Waals surface area contributed by atoms with E-state index >= 15 is 0 Å². The largest absolute Gasteiger partial charge is 0.459 e. The van der Waals surface area contributed by atoms with Crippen LogP contribution in [0.2, 0.25) is 0 Å². The van der Waals surface area contributed by atoms with Gasteiger partial charge in [-0.25, -0.2) is 4.98 Å². The Labute approximate surface area is 158 Å². The molecule has 2 heterocycles. The molecular weight excluding hydrogens is 342 g/mol. The number of nitrogens with zero attached hydrogens (tertiary/aromatic N) is 3. The first-order valence-corrected chi connectivity index (χ1v) is 8.91. The summed E-state index contributed by atoms with van der Waals surface area (Å²) in [4.78, 5) is 23.2. The van der Waals surface area contributed by atoms with Crippen LogP contribution in [0.25, 0.3) is 0 Å². The van der Waals surface area contributed by atoms with E-state index in [0.29, 0.717) is 11.6 Å². The maximum atomic E-state index is 12.0. The van der Waals surface area contributed by atoms with Crippen molar-refractivity contribution in [1.29, 1.82) is 0 Å². The lowest BCUT2D eigenvalue weighted by atomic mass is 10.2. The maximum absolute atomic E-state index is 12.0. The molecule has 0 atom stereocenters. The second-order valence-electron chi connectivity index (χ2n) is 6.00. The van der Waals surface area contributed by atoms with E-state index in [2.05, 4.69) is 39.3 Å². The second kappa shape index (κ2) is 8.35. The molecule has 3 rings (SSSR count). The van der Waals surface area contributed by atoms with E-state index in [9.17, 15) is 4.79 Å². The van der Waals surface area contributed by atoms with Crippen LogP contribution in [0.5, 0.6) is 0 Å². The number of carbonyl (C=O) groups is 1. The van der Waals surface area contributed by atoms with Crippen molar-refractivity contribution in [3.05, 3.63) is 60.2 Å². The molecule has 0 aliphatic carbocycles. The van der Waals surface area contributed by atoms with Crippen molar-refractivity contribution in [1.82, 2.24) is 9.97 Å². The fraction of sp³-hybridized carbons (Fsp3) is 0.250. The lowest BCUT2D eigenvalue weighted by Crippen LogP contribution is -2.23. The average molecular weight is 365 g/mol. The van der Waals surface area contributed by atoms with Crippen LogP contribution in [0.1, 0.15) is 30.1 Å². The number of aromatic nitrogens is 2. The number of rotatable bonds is 7. The predicted molar refractivity (Wildman–Crippen MR) is 107 cm³/mol. The summed E-state index contributed by atoms with van der Waals surface area (Å²) in [6.45, 7) is 7.92. The summed E-state index contributed by atoms with van der Waals surface area (Å²) in [7, 11) is 0. The minimum atomic E-state index is -0.286. The number of nitrogens with one attached hydrogen (secondary N) is 2. The highest BCUT2D eigenvalue weighted by Gasteiger charge is 2.10. The average Bonchev–Trinajstić information content (AvgIpc) is 3.19. The van der Waals surface area contributed by atoms with Gasteiger partial charge in [-0.2, -0.15) is 4.98 Å². The molecule has 7 heteroatoms. The normalized spacial score (nSPS) is 10.5. The van der Waals surface area contributed by atoms with Gasteiger partial charge in [0.25, 0.3) is 5.91 Å². The Kier molecular flexibility index (Phi) is 5.71. The standard InChI is InChI=1S/C20H23N5O2/c1-4-25(5-2)18-13-14(3)21-20(24-18)23-16-10-8-15(9-11-16)22-19(26)17-7-6-12-27-17/h6-13H,4-5H2,1-3H3,(H,22,26)(H,21,23,24). The van der Waals surface area contributed by atoms with Crippen molar-refractivity contribution in [2.75, 3.05) is 28.6 Å². The van der Waals surface area contributed by atoms with Gasteiger partial charge in [-0.15, -0.1) is 0 Å². The summed E-state index contributed by atoms with van der Waals surface area (Å²) in [5.41, 5.74) is 2.41. The van der Waals surface area contributed by atoms with E-state index in [1.165, 1.54) is 6.26 Å². The minimum absolute atomic E-state index is 0.272. The summed E-state index contributed by atoms with van der Waals surface area (Å²) < 4.78 is 5.09. The zero-order valence-electron chi connectivity index (χ0n) is 15.7. The van der Waals surface area contributed by atoms with E-state index in [-0.39, 0.29) is 11.7 Å². The molecule has 0 aliphatic heterocycles. The Bertz CT molecular complexity index is 887. The lowest BCUT2D eigenvalue weighted by molar-refractivity contribution is 0.0996. The molecule has 0 fully saturated rings. The number of aryl methyl sites for hydroxylation is 1. The molecular formula is C20H23N5O2. The van der Waals surface area contributed by atoms with Gasteiger partial charge < -0.3 is 20.0 Å². The Morgan fingerprint density at radius 1 is 1.07 bits per heavy atom. The van der Waals surface area contributed by atoms with Crippen LogP contribution in [0.4, 0.5) is 23.1 Å². The molecule has 0 unspecified atom stereocenters. The summed E-state index contributed by atoms with van der Waals surface area (Å²) in [6.07, 6.45) is 1.47. The molecule has 1 aromatic carbocycles. The fourth-order valence-electron chi connectivity index (χ4n) is 2.68. The maximum Gasteiger partial charge on any atom is 0.291 e. The van der Waals surface area contributed by atoms with Crippen LogP contribution >= 0.6 is 0 Å². The first-order valence-electron chi connectivity index (χ1n) is 8.91. The molecule has 0 bridgehead atoms. The van der Waals surface area contributed by atoms with Gasteiger partial charge in [0, 0.05) is 36.2 Å². The Morgan fingerprint density at radius 3 is 2.41 bits per heavy atom. The summed E-state index contributed by atoms with van der Waals surface area (Å²) >= 11 is 0. The zero-order chi connectivity index (χ0) is 19.2. The first-order chi connectivity index (χ1) is 13.1. The molecule has 3 aromatic rings. The van der Waals surface area contributed by atoms with Gasteiger partial charge in [-0.3, -0.25) is 4.79 Å². The summed E-state index contributed by atoms with van der Waals surface area (Å²) in [5, 5.41) is 6.00. The van der Waals surface area contributed by atoms with Gasteiger partial charge in [0.05, 0.1) is 6.26 Å². The third kappa shape index (κ3) is 4.63. The minimum Gasteiger partial charge on any atom is -0.459 e. The van der Waals surface area contributed by atoms with E-state index < -0.39 is 0 Å². The summed E-state index contributed by atoms with van der Waals surface area (Å²) in [5.74, 6) is 1.43. The molecule has 0 saturated carbocycles. The molecule has 7 nitrogen and oxygen atoms in total. The number of benzene rings is 1. The Morgan fingerprint density at radius 2 is 1.78 bits per heavy atom. The van der Waals surface area contributed by atoms with Crippen molar-refractivity contribution in [2.24, 2.45) is 0 Å². The SMILES string of the molecule is CCN(CC)c1cc(C)nc(Nc2ccc(NC(=O)c3ccco3)cc2)n1. The van der Waals surface area contributed by atoms with Crippen LogP contribution in [-0.2, 0) is 0 Å². The third-order valence-corrected chi connectivity index (χ3v) is 4.07. The fourth-order valence-corrected chi connectivity index (χ4v) is 2.68. The molecule has 140 valence electrons. The number of amides is 1. The van der Waals surface area contributed by atoms with Gasteiger partial charge in [0.1, 0.15) is 5.82 Å². The van der Waals surface area contributed by atoms with Crippen molar-refractivity contribution < 1.29 is 9.21 Å². The molecule has 0 radical (unpaired) electrons. The van der Waals surface area contributed by atoms with Crippen molar-refractivity contribution in [3.8, 4) is 0 Å². The van der Waals surface area contributed by atoms with Crippen LogP contribution in [0.15, 0.2) is 53.1 Å². The Balaban J connectivity index is 1.70. The Hall–Kier alpha value is -3.35. The van der Waals surface area contributed by atoms with E-state index in [0.717, 1.165) is 30.3 Å². The van der Waals surface area contributed by atoms with E-state index in [1.807, 2.05) is 37.3 Å². The monoisotopic (exact) mass is 365 g/mol. The second-order valence-corrected chi connectivity index (χ2v) is 6.00. The van der Waals surface area contributed by atoms with Gasteiger partial charge in [-0.1, -0.05) is 0 Å². The molecule has 2 N–H and O–H groups in total. The number of hydrogen-bond donors (Lipinski definition) is 2. The highest BCUT2D eigenvalue weighted by Crippen LogP contribution is 2.20.